The molecule has 0 saturated heterocycles. The zero-order chi connectivity index (χ0) is 57.0. The van der Waals surface area contributed by atoms with Crippen molar-refractivity contribution in [2.24, 2.45) is 0 Å². The van der Waals surface area contributed by atoms with E-state index in [0.29, 0.717) is 23.9 Å². The van der Waals surface area contributed by atoms with Gasteiger partial charge < -0.3 is 27.9 Å². The number of unbranched alkanes of at least 4 members (excludes halogenated alkanes) is 25. The van der Waals surface area contributed by atoms with Gasteiger partial charge in [-0.05, 0) is 83.5 Å². The summed E-state index contributed by atoms with van der Waals surface area (Å²) >= 11 is 0. The number of phosphoric ester groups is 1. The van der Waals surface area contributed by atoms with Crippen molar-refractivity contribution in [1.82, 2.24) is 0 Å². The Labute approximate surface area is 480 Å². The molecule has 0 N–H and O–H groups in total. The zero-order valence-corrected chi connectivity index (χ0v) is 51.7. The molecule has 0 fully saturated rings. The largest absolute Gasteiger partial charge is 0.756 e. The lowest BCUT2D eigenvalue weighted by atomic mass is 10.0. The highest BCUT2D eigenvalue weighted by Crippen LogP contribution is 2.38. The van der Waals surface area contributed by atoms with Crippen molar-refractivity contribution in [1.29, 1.82) is 0 Å². The number of carbonyl (C=O) groups excluding carboxylic acids is 2. The number of phosphoric acid groups is 1. The number of likely N-dealkylation sites (N-methyl/N-ethyl adjacent to an activating group) is 1. The molecule has 10 heteroatoms. The summed E-state index contributed by atoms with van der Waals surface area (Å²) in [7, 11) is 1.13. The maximum absolute atomic E-state index is 12.8. The van der Waals surface area contributed by atoms with Crippen LogP contribution in [0.3, 0.4) is 0 Å². The molecular formula is C68H118NO8P. The average Bonchev–Trinajstić information content (AvgIpc) is 3.40. The summed E-state index contributed by atoms with van der Waals surface area (Å²) in [5.74, 6) is -0.926. The summed E-state index contributed by atoms with van der Waals surface area (Å²) in [5, 5.41) is 0. The molecule has 0 radical (unpaired) electrons. The average molecular weight is 1110 g/mol. The van der Waals surface area contributed by atoms with Gasteiger partial charge >= 0.3 is 11.9 Å². The van der Waals surface area contributed by atoms with Gasteiger partial charge in [-0.25, -0.2) is 0 Å². The van der Waals surface area contributed by atoms with Gasteiger partial charge in [0.15, 0.2) is 6.10 Å². The minimum Gasteiger partial charge on any atom is -0.756 e. The second-order valence-corrected chi connectivity index (χ2v) is 23.4. The molecule has 0 amide bonds. The number of esters is 2. The molecule has 0 saturated carbocycles. The molecule has 0 aromatic carbocycles. The van der Waals surface area contributed by atoms with Crippen molar-refractivity contribution in [3.63, 3.8) is 0 Å². The molecule has 0 aliphatic rings. The first-order chi connectivity index (χ1) is 38.0. The van der Waals surface area contributed by atoms with E-state index in [0.717, 1.165) is 77.0 Å². The third kappa shape index (κ3) is 61.9. The Balaban J connectivity index is 3.91. The Hall–Kier alpha value is -3.33. The van der Waals surface area contributed by atoms with Crippen molar-refractivity contribution < 1.29 is 42.1 Å². The molecular weight excluding hydrogens is 990 g/mol. The van der Waals surface area contributed by atoms with Crippen LogP contribution in [0.1, 0.15) is 258 Å². The van der Waals surface area contributed by atoms with Gasteiger partial charge in [0.05, 0.1) is 27.7 Å². The second-order valence-electron chi connectivity index (χ2n) is 22.0. The van der Waals surface area contributed by atoms with E-state index >= 15 is 0 Å². The first-order valence-corrected chi connectivity index (χ1v) is 33.1. The number of carbonyl (C=O) groups is 2. The van der Waals surface area contributed by atoms with Crippen LogP contribution in [0.4, 0.5) is 0 Å². The molecule has 0 spiro atoms. The van der Waals surface area contributed by atoms with Crippen LogP contribution in [0.15, 0.2) is 109 Å². The van der Waals surface area contributed by atoms with E-state index in [4.69, 9.17) is 18.5 Å². The molecule has 0 rings (SSSR count). The second kappa shape index (κ2) is 58.3. The lowest BCUT2D eigenvalue weighted by Crippen LogP contribution is -2.37. The molecule has 0 aromatic heterocycles. The van der Waals surface area contributed by atoms with Gasteiger partial charge in [-0.15, -0.1) is 0 Å². The van der Waals surface area contributed by atoms with E-state index in [1.165, 1.54) is 141 Å². The number of hydrogen-bond acceptors (Lipinski definition) is 8. The molecule has 448 valence electrons. The number of hydrogen-bond donors (Lipinski definition) is 0. The van der Waals surface area contributed by atoms with E-state index in [-0.39, 0.29) is 26.1 Å². The third-order valence-electron chi connectivity index (χ3n) is 13.3. The summed E-state index contributed by atoms with van der Waals surface area (Å²) in [5.41, 5.74) is 0. The first kappa shape index (κ1) is 74.7. The van der Waals surface area contributed by atoms with Crippen molar-refractivity contribution in [3.8, 4) is 0 Å². The van der Waals surface area contributed by atoms with Crippen LogP contribution in [0.5, 0.6) is 0 Å². The topological polar surface area (TPSA) is 111 Å². The first-order valence-electron chi connectivity index (χ1n) is 31.6. The molecule has 0 aromatic rings. The van der Waals surface area contributed by atoms with Gasteiger partial charge in [0.2, 0.25) is 0 Å². The van der Waals surface area contributed by atoms with E-state index < -0.39 is 32.5 Å². The maximum Gasteiger partial charge on any atom is 0.306 e. The summed E-state index contributed by atoms with van der Waals surface area (Å²) < 4.78 is 34.0. The normalized spacial score (nSPS) is 14.0. The minimum atomic E-state index is -4.65. The summed E-state index contributed by atoms with van der Waals surface area (Å²) in [6.07, 6.45) is 82.1. The van der Waals surface area contributed by atoms with E-state index in [1.807, 2.05) is 33.3 Å². The molecule has 2 unspecified atom stereocenters. The van der Waals surface area contributed by atoms with Gasteiger partial charge in [-0.2, -0.15) is 0 Å². The fourth-order valence-corrected chi connectivity index (χ4v) is 9.25. The Morgan fingerprint density at radius 2 is 0.718 bits per heavy atom. The van der Waals surface area contributed by atoms with Crippen molar-refractivity contribution >= 4 is 19.8 Å². The van der Waals surface area contributed by atoms with Crippen LogP contribution in [0, 0.1) is 0 Å². The lowest BCUT2D eigenvalue weighted by Gasteiger charge is -2.28. The fourth-order valence-electron chi connectivity index (χ4n) is 8.52. The maximum atomic E-state index is 12.8. The zero-order valence-electron chi connectivity index (χ0n) is 50.8. The fraction of sp³-hybridized carbons (Fsp3) is 0.706. The van der Waals surface area contributed by atoms with Gasteiger partial charge in [-0.3, -0.25) is 14.2 Å². The highest BCUT2D eigenvalue weighted by Gasteiger charge is 2.21. The van der Waals surface area contributed by atoms with Crippen LogP contribution in [0.25, 0.3) is 0 Å². The number of nitrogens with zero attached hydrogens (tertiary/aromatic N) is 1. The molecule has 2 atom stereocenters. The van der Waals surface area contributed by atoms with Gasteiger partial charge in [0.1, 0.15) is 19.8 Å². The minimum absolute atomic E-state index is 0.0437. The summed E-state index contributed by atoms with van der Waals surface area (Å²) in [6.45, 7) is 3.93. The van der Waals surface area contributed by atoms with E-state index in [9.17, 15) is 19.0 Å². The Morgan fingerprint density at radius 3 is 1.08 bits per heavy atom. The van der Waals surface area contributed by atoms with E-state index in [1.54, 1.807) is 0 Å². The van der Waals surface area contributed by atoms with E-state index in [2.05, 4.69) is 111 Å². The highest BCUT2D eigenvalue weighted by molar-refractivity contribution is 7.45. The lowest BCUT2D eigenvalue weighted by molar-refractivity contribution is -0.870. The quantitative estimate of drug-likeness (QED) is 0.0195. The van der Waals surface area contributed by atoms with Gasteiger partial charge in [0, 0.05) is 12.8 Å². The third-order valence-corrected chi connectivity index (χ3v) is 14.3. The molecule has 0 aliphatic carbocycles. The van der Waals surface area contributed by atoms with Crippen molar-refractivity contribution in [2.45, 2.75) is 264 Å². The number of allylic oxidation sites excluding steroid dienone is 18. The molecule has 78 heavy (non-hydrogen) atoms. The predicted octanol–water partition coefficient (Wildman–Crippen LogP) is 19.5. The number of rotatable bonds is 57. The smallest absolute Gasteiger partial charge is 0.306 e. The van der Waals surface area contributed by atoms with Gasteiger partial charge in [-0.1, -0.05) is 271 Å². The predicted molar refractivity (Wildman–Crippen MR) is 332 cm³/mol. The SMILES string of the molecule is CC/C=C\C/C=C\C/C=C\C/C=C\C/C=C\CCCCCCCCCCCCCCCCCCCCCCCCCCCC(=O)OC(COC(=O)CC/C=C\C/C=C\C/C=C\C/C=C\CC)COP(=O)([O-])OCC[N+](C)(C)C. The molecule has 0 aliphatic heterocycles. The summed E-state index contributed by atoms with van der Waals surface area (Å²) in [4.78, 5) is 37.7. The van der Waals surface area contributed by atoms with Crippen LogP contribution in [-0.4, -0.2) is 70.0 Å². The number of ether oxygens (including phenoxy) is 2. The Kier molecular flexibility index (Phi) is 55.8. The van der Waals surface area contributed by atoms with Crippen molar-refractivity contribution in [3.05, 3.63) is 109 Å². The van der Waals surface area contributed by atoms with Crippen molar-refractivity contribution in [2.75, 3.05) is 47.5 Å². The van der Waals surface area contributed by atoms with Crippen LogP contribution < -0.4 is 4.89 Å². The summed E-state index contributed by atoms with van der Waals surface area (Å²) in [6, 6.07) is 0. The Morgan fingerprint density at radius 1 is 0.397 bits per heavy atom. The van der Waals surface area contributed by atoms with Crippen LogP contribution in [0.2, 0.25) is 0 Å². The molecule has 0 bridgehead atoms. The van der Waals surface area contributed by atoms with Crippen LogP contribution in [-0.2, 0) is 32.7 Å². The Bertz CT molecular complexity index is 1680. The monoisotopic (exact) mass is 1110 g/mol. The molecule has 0 heterocycles. The number of quaternary nitrogens is 1. The van der Waals surface area contributed by atoms with Gasteiger partial charge in [0.25, 0.3) is 7.82 Å². The molecule has 9 nitrogen and oxygen atoms in total. The highest BCUT2D eigenvalue weighted by atomic mass is 31.2. The van der Waals surface area contributed by atoms with Crippen LogP contribution >= 0.6 is 7.82 Å². The standard InChI is InChI=1S/C68H118NO8P/c1-6-8-10-12-14-16-18-20-21-22-23-24-25-26-27-28-29-30-31-32-33-34-35-36-37-38-39-40-41-42-43-44-45-46-47-49-51-53-55-57-59-61-68(71)77-66(65-76-78(72,73)75-63-62-69(3,4)5)64-74-67(70)60-58-56-54-52-50-48-19-17-15-13-11-9-7-2/h8-11,14-17,20-21,23-24,26-27,48,50,54,56,66H,6-7,12-13,18-19,22,25,28-47,49,51-53,55,57-65H2,1-5H3/b10-8-,11-9-,16-14-,17-15-,21-20-,24-23-,27-26-,50-48-,56-54-.